The second-order valence-electron chi connectivity index (χ2n) is 4.16. The van der Waals surface area contributed by atoms with E-state index in [1.807, 2.05) is 24.3 Å². The summed E-state index contributed by atoms with van der Waals surface area (Å²) < 4.78 is 16.3. The maximum atomic E-state index is 10.6. The van der Waals surface area contributed by atoms with Crippen molar-refractivity contribution in [1.82, 2.24) is 0 Å². The highest BCUT2D eigenvalue weighted by molar-refractivity contribution is 6.32. The highest BCUT2D eigenvalue weighted by atomic mass is 35.5. The van der Waals surface area contributed by atoms with Gasteiger partial charge in [0.25, 0.3) is 0 Å². The summed E-state index contributed by atoms with van der Waals surface area (Å²) in [5.74, 6) is 1.85. The molecule has 110 valence electrons. The number of carbonyl (C=O) groups is 1. The van der Waals surface area contributed by atoms with Crippen LogP contribution in [0, 0.1) is 0 Å². The number of benzene rings is 2. The number of hydrogen-bond acceptors (Lipinski definition) is 4. The molecule has 2 rings (SSSR count). The van der Waals surface area contributed by atoms with E-state index in [0.29, 0.717) is 41.0 Å². The predicted octanol–water partition coefficient (Wildman–Crippen LogP) is 3.62. The fraction of sp³-hybridized carbons (Fsp3) is 0.188. The number of ether oxygens (including phenoxy) is 3. The van der Waals surface area contributed by atoms with E-state index >= 15 is 0 Å². The van der Waals surface area contributed by atoms with Gasteiger partial charge in [-0.25, -0.2) is 0 Å². The van der Waals surface area contributed by atoms with Gasteiger partial charge in [0.15, 0.2) is 11.5 Å². The zero-order valence-corrected chi connectivity index (χ0v) is 12.3. The van der Waals surface area contributed by atoms with Crippen molar-refractivity contribution in [2.24, 2.45) is 0 Å². The van der Waals surface area contributed by atoms with E-state index in [2.05, 4.69) is 0 Å². The van der Waals surface area contributed by atoms with Crippen LogP contribution < -0.4 is 14.2 Å². The molecule has 4 nitrogen and oxygen atoms in total. The number of methoxy groups -OCH3 is 1. The van der Waals surface area contributed by atoms with Crippen molar-refractivity contribution in [3.8, 4) is 17.2 Å². The van der Waals surface area contributed by atoms with Gasteiger partial charge >= 0.3 is 0 Å². The number of hydrogen-bond donors (Lipinski definition) is 0. The Morgan fingerprint density at radius 1 is 1.00 bits per heavy atom. The van der Waals surface area contributed by atoms with Crippen molar-refractivity contribution in [2.45, 2.75) is 0 Å². The van der Waals surface area contributed by atoms with Crippen LogP contribution in [-0.4, -0.2) is 26.6 Å². The molecule has 0 N–H and O–H groups in total. The molecule has 0 heterocycles. The van der Waals surface area contributed by atoms with Gasteiger partial charge in [0.05, 0.1) is 12.1 Å². The summed E-state index contributed by atoms with van der Waals surface area (Å²) in [5.41, 5.74) is 0.512. The van der Waals surface area contributed by atoms with E-state index in [4.69, 9.17) is 25.8 Å². The molecular formula is C16H15ClO4. The maximum absolute atomic E-state index is 10.6. The molecule has 0 aromatic heterocycles. The van der Waals surface area contributed by atoms with Crippen LogP contribution >= 0.6 is 11.6 Å². The first-order valence-corrected chi connectivity index (χ1v) is 6.75. The summed E-state index contributed by atoms with van der Waals surface area (Å²) in [6, 6.07) is 12.3. The molecule has 0 saturated carbocycles. The van der Waals surface area contributed by atoms with Crippen molar-refractivity contribution in [3.63, 3.8) is 0 Å². The number of carbonyl (C=O) groups excluding carboxylic acids is 1. The molecule has 0 aliphatic carbocycles. The zero-order valence-electron chi connectivity index (χ0n) is 11.5. The fourth-order valence-electron chi connectivity index (χ4n) is 1.75. The van der Waals surface area contributed by atoms with E-state index in [9.17, 15) is 4.79 Å². The van der Waals surface area contributed by atoms with Gasteiger partial charge in [0, 0.05) is 5.56 Å². The Morgan fingerprint density at radius 3 is 2.29 bits per heavy atom. The molecule has 0 unspecified atom stereocenters. The van der Waals surface area contributed by atoms with Crippen LogP contribution in [-0.2, 0) is 0 Å². The van der Waals surface area contributed by atoms with E-state index < -0.39 is 0 Å². The molecule has 0 spiro atoms. The molecule has 0 radical (unpaired) electrons. The topological polar surface area (TPSA) is 44.8 Å². The summed E-state index contributed by atoms with van der Waals surface area (Å²) >= 11 is 6.01. The quantitative estimate of drug-likeness (QED) is 0.579. The lowest BCUT2D eigenvalue weighted by atomic mass is 10.2. The van der Waals surface area contributed by atoms with Crippen molar-refractivity contribution < 1.29 is 19.0 Å². The van der Waals surface area contributed by atoms with Crippen molar-refractivity contribution in [3.05, 3.63) is 53.1 Å². The second-order valence-corrected chi connectivity index (χ2v) is 4.56. The smallest absolute Gasteiger partial charge is 0.161 e. The van der Waals surface area contributed by atoms with Gasteiger partial charge in [-0.05, 0) is 30.3 Å². The standard InChI is InChI=1S/C16H15ClO4/c1-19-15-4-2-3-5-16(15)21-9-8-20-14-7-6-12(11-18)10-13(14)17/h2-7,10-11H,8-9H2,1H3. The van der Waals surface area contributed by atoms with Crippen LogP contribution in [0.3, 0.4) is 0 Å². The maximum Gasteiger partial charge on any atom is 0.161 e. The SMILES string of the molecule is COc1ccccc1OCCOc1ccc(C=O)cc1Cl. The third kappa shape index (κ3) is 4.13. The Labute approximate surface area is 128 Å². The summed E-state index contributed by atoms with van der Waals surface area (Å²) in [6.45, 7) is 0.685. The van der Waals surface area contributed by atoms with Crippen LogP contribution in [0.5, 0.6) is 17.2 Å². The Hall–Kier alpha value is -2.20. The van der Waals surface area contributed by atoms with Crippen LogP contribution in [0.15, 0.2) is 42.5 Å². The van der Waals surface area contributed by atoms with Gasteiger partial charge in [0.2, 0.25) is 0 Å². The van der Waals surface area contributed by atoms with Gasteiger partial charge in [0.1, 0.15) is 25.2 Å². The summed E-state index contributed by atoms with van der Waals surface area (Å²) in [4.78, 5) is 10.6. The average Bonchev–Trinajstić information content (AvgIpc) is 2.53. The van der Waals surface area contributed by atoms with Gasteiger partial charge in [-0.3, -0.25) is 4.79 Å². The first-order valence-electron chi connectivity index (χ1n) is 6.38. The predicted molar refractivity (Wildman–Crippen MR) is 80.8 cm³/mol. The van der Waals surface area contributed by atoms with Crippen molar-refractivity contribution in [2.75, 3.05) is 20.3 Å². The molecule has 0 atom stereocenters. The second kappa shape index (κ2) is 7.55. The summed E-state index contributed by atoms with van der Waals surface area (Å²) in [7, 11) is 1.59. The molecule has 0 bridgehead atoms. The number of para-hydroxylation sites is 2. The Morgan fingerprint density at radius 2 is 1.67 bits per heavy atom. The minimum atomic E-state index is 0.332. The Kier molecular flexibility index (Phi) is 5.46. The molecule has 0 aliphatic heterocycles. The van der Waals surface area contributed by atoms with Crippen LogP contribution in [0.25, 0.3) is 0 Å². The van der Waals surface area contributed by atoms with Crippen molar-refractivity contribution in [1.29, 1.82) is 0 Å². The summed E-state index contributed by atoms with van der Waals surface area (Å²) in [6.07, 6.45) is 0.737. The number of rotatable bonds is 7. The van der Waals surface area contributed by atoms with E-state index in [0.717, 1.165) is 6.29 Å². The molecule has 0 amide bonds. The lowest BCUT2D eigenvalue weighted by molar-refractivity contribution is 0.112. The lowest BCUT2D eigenvalue weighted by Gasteiger charge is -2.11. The molecule has 2 aromatic rings. The molecule has 5 heteroatoms. The van der Waals surface area contributed by atoms with Gasteiger partial charge in [-0.15, -0.1) is 0 Å². The van der Waals surface area contributed by atoms with Gasteiger partial charge in [-0.2, -0.15) is 0 Å². The van der Waals surface area contributed by atoms with Crippen LogP contribution in [0.4, 0.5) is 0 Å². The van der Waals surface area contributed by atoms with E-state index in [1.165, 1.54) is 0 Å². The zero-order chi connectivity index (χ0) is 15.1. The largest absolute Gasteiger partial charge is 0.493 e. The highest BCUT2D eigenvalue weighted by Gasteiger charge is 2.05. The summed E-state index contributed by atoms with van der Waals surface area (Å²) in [5, 5.41) is 0.400. The molecule has 2 aromatic carbocycles. The third-order valence-corrected chi connectivity index (χ3v) is 3.05. The molecule has 0 aliphatic rings. The molecule has 0 saturated heterocycles. The van der Waals surface area contributed by atoms with E-state index in [-0.39, 0.29) is 0 Å². The first kappa shape index (κ1) is 15.2. The number of aldehydes is 1. The van der Waals surface area contributed by atoms with Gasteiger partial charge < -0.3 is 14.2 Å². The normalized spacial score (nSPS) is 10.0. The average molecular weight is 307 g/mol. The van der Waals surface area contributed by atoms with Crippen molar-refractivity contribution >= 4 is 17.9 Å². The monoisotopic (exact) mass is 306 g/mol. The fourth-order valence-corrected chi connectivity index (χ4v) is 1.99. The molecular weight excluding hydrogens is 292 g/mol. The Balaban J connectivity index is 1.86. The minimum Gasteiger partial charge on any atom is -0.493 e. The van der Waals surface area contributed by atoms with Crippen LogP contribution in [0.1, 0.15) is 10.4 Å². The Bertz CT molecular complexity index is 613. The van der Waals surface area contributed by atoms with E-state index in [1.54, 1.807) is 25.3 Å². The minimum absolute atomic E-state index is 0.332. The number of halogens is 1. The van der Waals surface area contributed by atoms with Crippen LogP contribution in [0.2, 0.25) is 5.02 Å². The first-order chi connectivity index (χ1) is 10.2. The lowest BCUT2D eigenvalue weighted by Crippen LogP contribution is -2.09. The molecule has 21 heavy (non-hydrogen) atoms. The highest BCUT2D eigenvalue weighted by Crippen LogP contribution is 2.26. The van der Waals surface area contributed by atoms with Gasteiger partial charge in [-0.1, -0.05) is 23.7 Å². The third-order valence-electron chi connectivity index (χ3n) is 2.76. The molecule has 0 fully saturated rings.